The molecule has 1 saturated heterocycles. The van der Waals surface area contributed by atoms with Gasteiger partial charge in [0.2, 0.25) is 0 Å². The molecule has 0 aliphatic carbocycles. The van der Waals surface area contributed by atoms with Crippen molar-refractivity contribution in [2.75, 3.05) is 6.54 Å². The molecule has 1 nitrogen and oxygen atoms in total. The summed E-state index contributed by atoms with van der Waals surface area (Å²) in [5.74, 6) is -0.799. The second-order valence-electron chi connectivity index (χ2n) is 4.73. The molecule has 2 unspecified atom stereocenters. The SMILES string of the molecule is CC1CCNC(Cc2ccc(F)c(F)c2)C1. The third-order valence-corrected chi connectivity index (χ3v) is 3.22. The van der Waals surface area contributed by atoms with Gasteiger partial charge in [-0.1, -0.05) is 13.0 Å². The largest absolute Gasteiger partial charge is 0.314 e. The van der Waals surface area contributed by atoms with E-state index in [1.807, 2.05) is 0 Å². The van der Waals surface area contributed by atoms with Crippen LogP contribution in [0.5, 0.6) is 0 Å². The molecule has 1 aliphatic rings. The average molecular weight is 225 g/mol. The first-order chi connectivity index (χ1) is 7.65. The molecule has 1 N–H and O–H groups in total. The van der Waals surface area contributed by atoms with Crippen LogP contribution in [0.15, 0.2) is 18.2 Å². The molecule has 0 amide bonds. The Morgan fingerprint density at radius 1 is 1.31 bits per heavy atom. The number of nitrogens with one attached hydrogen (secondary N) is 1. The van der Waals surface area contributed by atoms with E-state index in [4.69, 9.17) is 0 Å². The van der Waals surface area contributed by atoms with E-state index in [1.165, 1.54) is 18.6 Å². The predicted molar refractivity (Wildman–Crippen MR) is 60.3 cm³/mol. The Kier molecular flexibility index (Phi) is 3.54. The summed E-state index contributed by atoms with van der Waals surface area (Å²) >= 11 is 0. The first kappa shape index (κ1) is 11.5. The lowest BCUT2D eigenvalue weighted by Crippen LogP contribution is -2.38. The van der Waals surface area contributed by atoms with Crippen molar-refractivity contribution in [1.29, 1.82) is 0 Å². The minimum atomic E-state index is -0.770. The Hall–Kier alpha value is -0.960. The Labute approximate surface area is 94.9 Å². The lowest BCUT2D eigenvalue weighted by atomic mass is 9.90. The molecule has 0 aromatic heterocycles. The zero-order chi connectivity index (χ0) is 11.5. The highest BCUT2D eigenvalue weighted by Gasteiger charge is 2.18. The highest BCUT2D eigenvalue weighted by atomic mass is 19.2. The van der Waals surface area contributed by atoms with Gasteiger partial charge in [0, 0.05) is 6.04 Å². The Bertz CT molecular complexity index is 365. The van der Waals surface area contributed by atoms with Crippen LogP contribution in [0.25, 0.3) is 0 Å². The maximum Gasteiger partial charge on any atom is 0.159 e. The molecule has 1 aromatic carbocycles. The van der Waals surface area contributed by atoms with Crippen LogP contribution in [0.4, 0.5) is 8.78 Å². The second kappa shape index (κ2) is 4.91. The highest BCUT2D eigenvalue weighted by molar-refractivity contribution is 5.19. The van der Waals surface area contributed by atoms with E-state index in [9.17, 15) is 8.78 Å². The number of rotatable bonds is 2. The van der Waals surface area contributed by atoms with Crippen LogP contribution in [0.3, 0.4) is 0 Å². The van der Waals surface area contributed by atoms with E-state index < -0.39 is 11.6 Å². The first-order valence-corrected chi connectivity index (χ1v) is 5.82. The Balaban J connectivity index is 2.00. The van der Waals surface area contributed by atoms with Gasteiger partial charge in [0.1, 0.15) is 0 Å². The van der Waals surface area contributed by atoms with Crippen LogP contribution in [0.1, 0.15) is 25.3 Å². The molecule has 0 bridgehead atoms. The Morgan fingerprint density at radius 2 is 2.12 bits per heavy atom. The summed E-state index contributed by atoms with van der Waals surface area (Å²) in [6.45, 7) is 3.26. The van der Waals surface area contributed by atoms with Crippen LogP contribution >= 0.6 is 0 Å². The zero-order valence-corrected chi connectivity index (χ0v) is 9.47. The highest BCUT2D eigenvalue weighted by Crippen LogP contribution is 2.19. The van der Waals surface area contributed by atoms with Crippen molar-refractivity contribution in [1.82, 2.24) is 5.32 Å². The maximum absolute atomic E-state index is 13.0. The van der Waals surface area contributed by atoms with E-state index in [-0.39, 0.29) is 0 Å². The van der Waals surface area contributed by atoms with E-state index >= 15 is 0 Å². The number of hydrogen-bond acceptors (Lipinski definition) is 1. The molecule has 0 spiro atoms. The van der Waals surface area contributed by atoms with Gasteiger partial charge in [-0.25, -0.2) is 8.78 Å². The molecule has 1 aromatic rings. The second-order valence-corrected chi connectivity index (χ2v) is 4.73. The quantitative estimate of drug-likeness (QED) is 0.816. The lowest BCUT2D eigenvalue weighted by Gasteiger charge is -2.28. The summed E-state index contributed by atoms with van der Waals surface area (Å²) in [5, 5.41) is 3.42. The van der Waals surface area contributed by atoms with Crippen molar-refractivity contribution < 1.29 is 8.78 Å². The molecule has 3 heteroatoms. The minimum absolute atomic E-state index is 0.397. The molecular weight excluding hydrogens is 208 g/mol. The minimum Gasteiger partial charge on any atom is -0.314 e. The van der Waals surface area contributed by atoms with Crippen LogP contribution in [-0.4, -0.2) is 12.6 Å². The van der Waals surface area contributed by atoms with Crippen LogP contribution < -0.4 is 5.32 Å². The molecule has 16 heavy (non-hydrogen) atoms. The van der Waals surface area contributed by atoms with Crippen LogP contribution in [-0.2, 0) is 6.42 Å². The van der Waals surface area contributed by atoms with Gasteiger partial charge in [-0.3, -0.25) is 0 Å². The van der Waals surface area contributed by atoms with E-state index in [0.717, 1.165) is 30.9 Å². The molecule has 1 heterocycles. The van der Waals surface area contributed by atoms with Crippen LogP contribution in [0, 0.1) is 17.6 Å². The van der Waals surface area contributed by atoms with Gasteiger partial charge in [-0.05, 0) is 49.4 Å². The van der Waals surface area contributed by atoms with Gasteiger partial charge < -0.3 is 5.32 Å². The van der Waals surface area contributed by atoms with Gasteiger partial charge in [0.15, 0.2) is 11.6 Å². The summed E-state index contributed by atoms with van der Waals surface area (Å²) in [4.78, 5) is 0. The fraction of sp³-hybridized carbons (Fsp3) is 0.538. The molecule has 2 rings (SSSR count). The number of hydrogen-bond donors (Lipinski definition) is 1. The lowest BCUT2D eigenvalue weighted by molar-refractivity contribution is 0.318. The summed E-state index contributed by atoms with van der Waals surface area (Å²) in [6, 6.07) is 4.57. The summed E-state index contributed by atoms with van der Waals surface area (Å²) < 4.78 is 25.8. The topological polar surface area (TPSA) is 12.0 Å². The molecule has 0 radical (unpaired) electrons. The van der Waals surface area contributed by atoms with Crippen molar-refractivity contribution in [2.45, 2.75) is 32.2 Å². The smallest absolute Gasteiger partial charge is 0.159 e. The summed E-state index contributed by atoms with van der Waals surface area (Å²) in [6.07, 6.45) is 3.09. The van der Waals surface area contributed by atoms with Crippen molar-refractivity contribution >= 4 is 0 Å². The molecule has 88 valence electrons. The number of piperidine rings is 1. The summed E-state index contributed by atoms with van der Waals surface area (Å²) in [7, 11) is 0. The van der Waals surface area contributed by atoms with Gasteiger partial charge in [-0.2, -0.15) is 0 Å². The fourth-order valence-electron chi connectivity index (χ4n) is 2.33. The van der Waals surface area contributed by atoms with Crippen molar-refractivity contribution in [2.24, 2.45) is 5.92 Å². The normalized spacial score (nSPS) is 25.7. The first-order valence-electron chi connectivity index (χ1n) is 5.82. The zero-order valence-electron chi connectivity index (χ0n) is 9.47. The molecule has 0 saturated carbocycles. The van der Waals surface area contributed by atoms with Gasteiger partial charge in [0.25, 0.3) is 0 Å². The van der Waals surface area contributed by atoms with E-state index in [1.54, 1.807) is 6.07 Å². The third kappa shape index (κ3) is 2.79. The van der Waals surface area contributed by atoms with Crippen molar-refractivity contribution in [3.8, 4) is 0 Å². The fourth-order valence-corrected chi connectivity index (χ4v) is 2.33. The van der Waals surface area contributed by atoms with Gasteiger partial charge >= 0.3 is 0 Å². The molecule has 1 fully saturated rings. The van der Waals surface area contributed by atoms with Gasteiger partial charge in [-0.15, -0.1) is 0 Å². The summed E-state index contributed by atoms with van der Waals surface area (Å²) in [5.41, 5.74) is 0.866. The standard InChI is InChI=1S/C13H17F2N/c1-9-4-5-16-11(6-9)7-10-2-3-12(14)13(15)8-10/h2-3,8-9,11,16H,4-7H2,1H3. The molecular formula is C13H17F2N. The monoisotopic (exact) mass is 225 g/mol. The average Bonchev–Trinajstić information content (AvgIpc) is 2.24. The van der Waals surface area contributed by atoms with Crippen molar-refractivity contribution in [3.05, 3.63) is 35.4 Å². The maximum atomic E-state index is 13.0. The van der Waals surface area contributed by atoms with Crippen molar-refractivity contribution in [3.63, 3.8) is 0 Å². The van der Waals surface area contributed by atoms with Gasteiger partial charge in [0.05, 0.1) is 0 Å². The molecule has 2 atom stereocenters. The third-order valence-electron chi connectivity index (χ3n) is 3.22. The number of benzene rings is 1. The number of halogens is 2. The predicted octanol–water partition coefficient (Wildman–Crippen LogP) is 2.90. The van der Waals surface area contributed by atoms with E-state index in [0.29, 0.717) is 6.04 Å². The van der Waals surface area contributed by atoms with Crippen LogP contribution in [0.2, 0.25) is 0 Å². The Morgan fingerprint density at radius 3 is 2.81 bits per heavy atom. The van der Waals surface area contributed by atoms with E-state index in [2.05, 4.69) is 12.2 Å². The molecule has 1 aliphatic heterocycles.